The Bertz CT molecular complexity index is 471. The number of hydrogen-bond donors (Lipinski definition) is 1. The molecule has 4 nitrogen and oxygen atoms in total. The smallest absolute Gasteiger partial charge is 0.179 e. The lowest BCUT2D eigenvalue weighted by molar-refractivity contribution is 0.0949. The average molecular weight is 277 g/mol. The highest BCUT2D eigenvalue weighted by atomic mass is 16.6. The summed E-state index contributed by atoms with van der Waals surface area (Å²) in [6, 6.07) is 5.20. The van der Waals surface area contributed by atoms with Crippen LogP contribution < -0.4 is 14.8 Å². The zero-order valence-corrected chi connectivity index (χ0v) is 12.4. The second-order valence-corrected chi connectivity index (χ2v) is 5.58. The summed E-state index contributed by atoms with van der Waals surface area (Å²) < 4.78 is 11.0. The number of rotatable bonds is 6. The molecule has 1 unspecified atom stereocenters. The third-order valence-electron chi connectivity index (χ3n) is 3.39. The molecular weight excluding hydrogens is 254 g/mol. The Balaban J connectivity index is 1.98. The van der Waals surface area contributed by atoms with Gasteiger partial charge in [-0.15, -0.1) is 0 Å². The Morgan fingerprint density at radius 3 is 2.60 bits per heavy atom. The van der Waals surface area contributed by atoms with Crippen molar-refractivity contribution < 1.29 is 14.3 Å². The monoisotopic (exact) mass is 277 g/mol. The van der Waals surface area contributed by atoms with Crippen molar-refractivity contribution in [2.75, 3.05) is 19.8 Å². The summed E-state index contributed by atoms with van der Waals surface area (Å²) in [5.41, 5.74) is 0.666. The molecule has 110 valence electrons. The first kappa shape index (κ1) is 14.9. The van der Waals surface area contributed by atoms with E-state index in [1.54, 1.807) is 12.1 Å². The molecule has 1 N–H and O–H groups in total. The van der Waals surface area contributed by atoms with Crippen LogP contribution in [0.3, 0.4) is 0 Å². The molecule has 1 aliphatic heterocycles. The molecule has 1 aliphatic rings. The molecule has 0 aliphatic carbocycles. The molecule has 1 heterocycles. The standard InChI is InChI=1S/C16H23NO3/c1-11(2)6-7-17-12(3)16(18)13-4-5-14-15(10-13)20-9-8-19-14/h4-5,10-12,17H,6-9H2,1-3H3. The SMILES string of the molecule is CC(C)CCNC(C)C(=O)c1ccc2c(c1)OCCO2. The van der Waals surface area contributed by atoms with Crippen LogP contribution in [0.25, 0.3) is 0 Å². The van der Waals surface area contributed by atoms with Crippen LogP contribution in [-0.4, -0.2) is 31.6 Å². The van der Waals surface area contributed by atoms with Gasteiger partial charge >= 0.3 is 0 Å². The molecule has 0 fully saturated rings. The first-order valence-corrected chi connectivity index (χ1v) is 7.25. The van der Waals surface area contributed by atoms with Crippen molar-refractivity contribution in [3.05, 3.63) is 23.8 Å². The van der Waals surface area contributed by atoms with E-state index in [4.69, 9.17) is 9.47 Å². The van der Waals surface area contributed by atoms with Gasteiger partial charge in [-0.25, -0.2) is 0 Å². The molecule has 0 amide bonds. The zero-order chi connectivity index (χ0) is 14.5. The van der Waals surface area contributed by atoms with Gasteiger partial charge in [-0.05, 0) is 44.0 Å². The topological polar surface area (TPSA) is 47.6 Å². The lowest BCUT2D eigenvalue weighted by Gasteiger charge is -2.19. The highest BCUT2D eigenvalue weighted by Crippen LogP contribution is 2.31. The number of hydrogen-bond acceptors (Lipinski definition) is 4. The summed E-state index contributed by atoms with van der Waals surface area (Å²) in [5, 5.41) is 3.27. The summed E-state index contributed by atoms with van der Waals surface area (Å²) in [7, 11) is 0. The van der Waals surface area contributed by atoms with Gasteiger partial charge in [-0.2, -0.15) is 0 Å². The van der Waals surface area contributed by atoms with Crippen molar-refractivity contribution in [1.82, 2.24) is 5.32 Å². The van der Waals surface area contributed by atoms with E-state index in [9.17, 15) is 4.79 Å². The number of ether oxygens (including phenoxy) is 2. The highest BCUT2D eigenvalue weighted by Gasteiger charge is 2.18. The Morgan fingerprint density at radius 1 is 1.20 bits per heavy atom. The van der Waals surface area contributed by atoms with Gasteiger partial charge in [-0.3, -0.25) is 4.79 Å². The fourth-order valence-corrected chi connectivity index (χ4v) is 2.13. The lowest BCUT2D eigenvalue weighted by atomic mass is 10.0. The van der Waals surface area contributed by atoms with Crippen molar-refractivity contribution in [3.63, 3.8) is 0 Å². The number of fused-ring (bicyclic) bond motifs is 1. The van der Waals surface area contributed by atoms with E-state index >= 15 is 0 Å². The van der Waals surface area contributed by atoms with Crippen molar-refractivity contribution in [1.29, 1.82) is 0 Å². The minimum Gasteiger partial charge on any atom is -0.486 e. The number of carbonyl (C=O) groups is 1. The van der Waals surface area contributed by atoms with Crippen molar-refractivity contribution in [2.45, 2.75) is 33.2 Å². The second-order valence-electron chi connectivity index (χ2n) is 5.58. The lowest BCUT2D eigenvalue weighted by Crippen LogP contribution is -2.35. The molecule has 0 aromatic heterocycles. The van der Waals surface area contributed by atoms with Crippen LogP contribution in [0.1, 0.15) is 37.6 Å². The Morgan fingerprint density at radius 2 is 1.90 bits per heavy atom. The van der Waals surface area contributed by atoms with Gasteiger partial charge < -0.3 is 14.8 Å². The summed E-state index contributed by atoms with van der Waals surface area (Å²) >= 11 is 0. The molecule has 1 aromatic carbocycles. The quantitative estimate of drug-likeness (QED) is 0.812. The molecule has 0 saturated heterocycles. The summed E-state index contributed by atoms with van der Waals surface area (Å²) in [6.07, 6.45) is 1.07. The minimum atomic E-state index is -0.184. The summed E-state index contributed by atoms with van der Waals surface area (Å²) in [4.78, 5) is 12.3. The van der Waals surface area contributed by atoms with Crippen molar-refractivity contribution in [2.24, 2.45) is 5.92 Å². The molecule has 0 bridgehead atoms. The van der Waals surface area contributed by atoms with E-state index in [2.05, 4.69) is 19.2 Å². The summed E-state index contributed by atoms with van der Waals surface area (Å²) in [5.74, 6) is 2.11. The predicted molar refractivity (Wildman–Crippen MR) is 78.7 cm³/mol. The van der Waals surface area contributed by atoms with Crippen LogP contribution in [-0.2, 0) is 0 Å². The number of carbonyl (C=O) groups excluding carboxylic acids is 1. The van der Waals surface area contributed by atoms with Gasteiger partial charge in [0.2, 0.25) is 0 Å². The molecule has 2 rings (SSSR count). The van der Waals surface area contributed by atoms with Crippen LogP contribution in [0.5, 0.6) is 11.5 Å². The van der Waals surface area contributed by atoms with Crippen LogP contribution in [0, 0.1) is 5.92 Å². The van der Waals surface area contributed by atoms with Gasteiger partial charge in [-0.1, -0.05) is 13.8 Å². The number of benzene rings is 1. The Kier molecular flexibility index (Phi) is 5.01. The first-order valence-electron chi connectivity index (χ1n) is 7.25. The Labute approximate surface area is 120 Å². The molecule has 20 heavy (non-hydrogen) atoms. The van der Waals surface area contributed by atoms with Gasteiger partial charge in [0.15, 0.2) is 17.3 Å². The molecular formula is C16H23NO3. The average Bonchev–Trinajstić information content (AvgIpc) is 2.45. The molecule has 0 spiro atoms. The predicted octanol–water partition coefficient (Wildman–Crippen LogP) is 2.66. The Hall–Kier alpha value is -1.55. The van der Waals surface area contributed by atoms with Crippen LogP contribution in [0.15, 0.2) is 18.2 Å². The summed E-state index contributed by atoms with van der Waals surface area (Å²) in [6.45, 7) is 8.21. The van der Waals surface area contributed by atoms with Gasteiger partial charge in [0.05, 0.1) is 6.04 Å². The third kappa shape index (κ3) is 3.73. The fourth-order valence-electron chi connectivity index (χ4n) is 2.13. The van der Waals surface area contributed by atoms with Gasteiger partial charge in [0, 0.05) is 5.56 Å². The molecule has 4 heteroatoms. The first-order chi connectivity index (χ1) is 9.58. The second kappa shape index (κ2) is 6.75. The van der Waals surface area contributed by atoms with Gasteiger partial charge in [0.1, 0.15) is 13.2 Å². The van der Waals surface area contributed by atoms with Crippen LogP contribution in [0.2, 0.25) is 0 Å². The van der Waals surface area contributed by atoms with Crippen molar-refractivity contribution >= 4 is 5.78 Å². The van der Waals surface area contributed by atoms with Gasteiger partial charge in [0.25, 0.3) is 0 Å². The third-order valence-corrected chi connectivity index (χ3v) is 3.39. The van der Waals surface area contributed by atoms with E-state index in [0.717, 1.165) is 13.0 Å². The fraction of sp³-hybridized carbons (Fsp3) is 0.562. The molecule has 1 aromatic rings. The maximum atomic E-state index is 12.3. The van der Waals surface area contributed by atoms with E-state index in [0.29, 0.717) is 36.2 Å². The minimum absolute atomic E-state index is 0.0886. The highest BCUT2D eigenvalue weighted by molar-refractivity contribution is 6.00. The van der Waals surface area contributed by atoms with E-state index in [1.807, 2.05) is 13.0 Å². The number of Topliss-reactive ketones (excluding diaryl/α,β-unsaturated/α-hetero) is 1. The number of nitrogens with one attached hydrogen (secondary N) is 1. The molecule has 0 radical (unpaired) electrons. The van der Waals surface area contributed by atoms with E-state index in [-0.39, 0.29) is 11.8 Å². The van der Waals surface area contributed by atoms with Crippen molar-refractivity contribution in [3.8, 4) is 11.5 Å². The maximum absolute atomic E-state index is 12.3. The maximum Gasteiger partial charge on any atom is 0.179 e. The largest absolute Gasteiger partial charge is 0.486 e. The molecule has 1 atom stereocenters. The van der Waals surface area contributed by atoms with E-state index in [1.165, 1.54) is 0 Å². The number of ketones is 1. The normalized spacial score (nSPS) is 15.2. The van der Waals surface area contributed by atoms with Crippen LogP contribution in [0.4, 0.5) is 0 Å². The van der Waals surface area contributed by atoms with Crippen LogP contribution >= 0.6 is 0 Å². The zero-order valence-electron chi connectivity index (χ0n) is 12.4. The van der Waals surface area contributed by atoms with E-state index < -0.39 is 0 Å². The molecule has 0 saturated carbocycles.